The molecule has 0 aliphatic rings. The van der Waals surface area contributed by atoms with Gasteiger partial charge in [0, 0.05) is 32.9 Å². The molecule has 1 heterocycles. The van der Waals surface area contributed by atoms with E-state index in [1.54, 1.807) is 32.0 Å². The molecular formula is C23H24N8O6S. The van der Waals surface area contributed by atoms with Crippen LogP contribution in [0, 0.1) is 18.3 Å². The number of aromatic carboxylic acids is 2. The quantitative estimate of drug-likeness (QED) is 0.219. The van der Waals surface area contributed by atoms with Crippen LogP contribution in [-0.4, -0.2) is 72.7 Å². The maximum atomic E-state index is 12.6. The van der Waals surface area contributed by atoms with Crippen molar-refractivity contribution in [3.05, 3.63) is 58.7 Å². The largest absolute Gasteiger partial charge is 0.478 e. The van der Waals surface area contributed by atoms with Crippen molar-refractivity contribution in [1.29, 1.82) is 5.26 Å². The number of rotatable bonds is 11. The molecule has 5 N–H and O–H groups in total. The van der Waals surface area contributed by atoms with Gasteiger partial charge in [0.15, 0.2) is 0 Å². The Morgan fingerprint density at radius 2 is 1.61 bits per heavy atom. The predicted molar refractivity (Wildman–Crippen MR) is 137 cm³/mol. The van der Waals surface area contributed by atoms with E-state index < -0.39 is 22.0 Å². The molecule has 0 saturated heterocycles. The Labute approximate surface area is 218 Å². The molecule has 3 rings (SSSR count). The second-order valence-corrected chi connectivity index (χ2v) is 9.89. The number of hydrogen-bond donors (Lipinski definition) is 5. The number of sulfonamides is 1. The van der Waals surface area contributed by atoms with E-state index in [2.05, 4.69) is 30.3 Å². The van der Waals surface area contributed by atoms with Crippen LogP contribution >= 0.6 is 0 Å². The van der Waals surface area contributed by atoms with Gasteiger partial charge >= 0.3 is 11.9 Å². The summed E-state index contributed by atoms with van der Waals surface area (Å²) < 4.78 is 27.6. The zero-order valence-electron chi connectivity index (χ0n) is 20.6. The number of aryl methyl sites for hydroxylation is 1. The number of anilines is 4. The lowest BCUT2D eigenvalue weighted by atomic mass is 10.1. The third-order valence-electron chi connectivity index (χ3n) is 5.05. The number of nitrogens with zero attached hydrogens (tertiary/aromatic N) is 5. The molecule has 0 saturated carbocycles. The monoisotopic (exact) mass is 540 g/mol. The fourth-order valence-corrected chi connectivity index (χ4v) is 4.16. The summed E-state index contributed by atoms with van der Waals surface area (Å²) in [6.45, 7) is 1.76. The third-order valence-corrected chi connectivity index (χ3v) is 6.51. The summed E-state index contributed by atoms with van der Waals surface area (Å²) in [6, 6.07) is 9.72. The molecule has 0 aliphatic heterocycles. The van der Waals surface area contributed by atoms with Crippen molar-refractivity contribution in [2.45, 2.75) is 11.8 Å². The fourth-order valence-electron chi connectivity index (χ4n) is 3.11. The highest BCUT2D eigenvalue weighted by atomic mass is 32.2. The van der Waals surface area contributed by atoms with Gasteiger partial charge in [-0.3, -0.25) is 0 Å². The lowest BCUT2D eigenvalue weighted by molar-refractivity contribution is 0.0696. The molecule has 0 unspecified atom stereocenters. The number of aromatic nitrogens is 3. The van der Waals surface area contributed by atoms with E-state index >= 15 is 0 Å². The normalized spacial score (nSPS) is 10.9. The van der Waals surface area contributed by atoms with Gasteiger partial charge in [-0.2, -0.15) is 20.2 Å². The minimum atomic E-state index is -3.87. The molecule has 3 aromatic rings. The summed E-state index contributed by atoms with van der Waals surface area (Å²) in [4.78, 5) is 37.0. The van der Waals surface area contributed by atoms with Gasteiger partial charge in [-0.25, -0.2) is 22.7 Å². The highest BCUT2D eigenvalue weighted by molar-refractivity contribution is 7.89. The van der Waals surface area contributed by atoms with Crippen molar-refractivity contribution in [2.75, 3.05) is 42.7 Å². The second-order valence-electron chi connectivity index (χ2n) is 8.12. The van der Waals surface area contributed by atoms with E-state index in [1.807, 2.05) is 6.07 Å². The smallest absolute Gasteiger partial charge is 0.335 e. The molecular weight excluding hydrogens is 516 g/mol. The zero-order chi connectivity index (χ0) is 28.0. The van der Waals surface area contributed by atoms with Crippen LogP contribution in [0.15, 0.2) is 41.3 Å². The molecule has 14 nitrogen and oxygen atoms in total. The van der Waals surface area contributed by atoms with E-state index in [1.165, 1.54) is 24.3 Å². The van der Waals surface area contributed by atoms with Crippen LogP contribution in [0.3, 0.4) is 0 Å². The Balaban J connectivity index is 1.75. The van der Waals surface area contributed by atoms with Crippen molar-refractivity contribution < 1.29 is 28.2 Å². The predicted octanol–water partition coefficient (Wildman–Crippen LogP) is 1.65. The standard InChI is InChI=1S/C23H24N8O6S/c1-13-4-5-18(11-16(13)12-24)38(36,37)26-7-6-25-21-28-22(30-23(29-21)31(2)3)27-17-9-14(19(32)33)8-15(10-17)20(34)35/h4-5,8-11,26H,6-7H2,1-3H3,(H,32,33)(H,34,35)(H2,25,27,28,29,30). The third kappa shape index (κ3) is 6.90. The minimum Gasteiger partial charge on any atom is -0.478 e. The van der Waals surface area contributed by atoms with Crippen molar-refractivity contribution in [2.24, 2.45) is 0 Å². The number of hydrogen-bond acceptors (Lipinski definition) is 11. The number of nitrogens with one attached hydrogen (secondary N) is 3. The van der Waals surface area contributed by atoms with Gasteiger partial charge in [0.1, 0.15) is 0 Å². The molecule has 0 amide bonds. The molecule has 0 spiro atoms. The Hall–Kier alpha value is -4.81. The first kappa shape index (κ1) is 27.8. The van der Waals surface area contributed by atoms with Crippen molar-refractivity contribution in [1.82, 2.24) is 19.7 Å². The molecule has 15 heteroatoms. The zero-order valence-corrected chi connectivity index (χ0v) is 21.4. The molecule has 0 atom stereocenters. The van der Waals surface area contributed by atoms with Gasteiger partial charge in [-0.05, 0) is 42.8 Å². The lowest BCUT2D eigenvalue weighted by Gasteiger charge is -2.15. The molecule has 0 radical (unpaired) electrons. The molecule has 1 aromatic heterocycles. The maximum Gasteiger partial charge on any atom is 0.335 e. The molecule has 2 aromatic carbocycles. The topological polar surface area (TPSA) is 211 Å². The van der Waals surface area contributed by atoms with Gasteiger partial charge < -0.3 is 25.7 Å². The average molecular weight is 541 g/mol. The van der Waals surface area contributed by atoms with Gasteiger partial charge in [0.2, 0.25) is 27.9 Å². The Kier molecular flexibility index (Phi) is 8.40. The maximum absolute atomic E-state index is 12.6. The number of nitriles is 1. The summed E-state index contributed by atoms with van der Waals surface area (Å²) in [5.74, 6) is -2.31. The molecule has 198 valence electrons. The molecule has 0 aliphatic carbocycles. The summed E-state index contributed by atoms with van der Waals surface area (Å²) in [6.07, 6.45) is 0. The van der Waals surface area contributed by atoms with Crippen LogP contribution in [0.25, 0.3) is 0 Å². The van der Waals surface area contributed by atoms with E-state index in [4.69, 9.17) is 5.26 Å². The number of benzene rings is 2. The number of carbonyl (C=O) groups is 2. The fraction of sp³-hybridized carbons (Fsp3) is 0.217. The van der Waals surface area contributed by atoms with Crippen LogP contribution < -0.4 is 20.3 Å². The second kappa shape index (κ2) is 11.5. The van der Waals surface area contributed by atoms with Crippen LogP contribution in [-0.2, 0) is 10.0 Å². The van der Waals surface area contributed by atoms with Gasteiger partial charge in [-0.1, -0.05) is 6.07 Å². The van der Waals surface area contributed by atoms with Gasteiger partial charge in [-0.15, -0.1) is 0 Å². The highest BCUT2D eigenvalue weighted by Gasteiger charge is 2.16. The summed E-state index contributed by atoms with van der Waals surface area (Å²) in [5, 5.41) is 33.4. The summed E-state index contributed by atoms with van der Waals surface area (Å²) in [7, 11) is -0.503. The first-order chi connectivity index (χ1) is 17.9. The van der Waals surface area contributed by atoms with E-state index in [9.17, 15) is 28.2 Å². The van der Waals surface area contributed by atoms with Crippen LogP contribution in [0.4, 0.5) is 23.5 Å². The molecule has 38 heavy (non-hydrogen) atoms. The highest BCUT2D eigenvalue weighted by Crippen LogP contribution is 2.21. The lowest BCUT2D eigenvalue weighted by Crippen LogP contribution is -2.29. The van der Waals surface area contributed by atoms with Gasteiger partial charge in [0.05, 0.1) is 27.7 Å². The minimum absolute atomic E-state index is 0.00523. The SMILES string of the molecule is Cc1ccc(S(=O)(=O)NCCNc2nc(Nc3cc(C(=O)O)cc(C(=O)O)c3)nc(N(C)C)n2)cc1C#N. The van der Waals surface area contributed by atoms with Crippen molar-refractivity contribution in [3.63, 3.8) is 0 Å². The van der Waals surface area contributed by atoms with Crippen molar-refractivity contribution in [3.8, 4) is 6.07 Å². The van der Waals surface area contributed by atoms with Crippen LogP contribution in [0.5, 0.6) is 0 Å². The Morgan fingerprint density at radius 3 is 2.18 bits per heavy atom. The Bertz CT molecular complexity index is 1500. The van der Waals surface area contributed by atoms with E-state index in [-0.39, 0.29) is 58.2 Å². The molecule has 0 bridgehead atoms. The van der Waals surface area contributed by atoms with Crippen LogP contribution in [0.2, 0.25) is 0 Å². The van der Waals surface area contributed by atoms with Crippen molar-refractivity contribution >= 4 is 45.5 Å². The first-order valence-corrected chi connectivity index (χ1v) is 12.4. The summed E-state index contributed by atoms with van der Waals surface area (Å²) >= 11 is 0. The van der Waals surface area contributed by atoms with E-state index in [0.29, 0.717) is 5.56 Å². The first-order valence-electron chi connectivity index (χ1n) is 11.0. The number of carboxylic acid groups (broad SMARTS) is 2. The van der Waals surface area contributed by atoms with Crippen LogP contribution in [0.1, 0.15) is 31.8 Å². The Morgan fingerprint density at radius 1 is 0.974 bits per heavy atom. The van der Waals surface area contributed by atoms with E-state index in [0.717, 1.165) is 6.07 Å². The summed E-state index contributed by atoms with van der Waals surface area (Å²) in [5.41, 5.74) is 0.576. The van der Waals surface area contributed by atoms with Gasteiger partial charge in [0.25, 0.3) is 0 Å². The number of carboxylic acids is 2. The average Bonchev–Trinajstić information content (AvgIpc) is 2.86. The molecule has 0 fully saturated rings.